The van der Waals surface area contributed by atoms with Gasteiger partial charge in [-0.2, -0.15) is 79.0 Å². The monoisotopic (exact) mass is 674 g/mol. The molecular formula is C26H20F18. The summed E-state index contributed by atoms with van der Waals surface area (Å²) >= 11 is 0. The van der Waals surface area contributed by atoms with Crippen molar-refractivity contribution < 1.29 is 79.0 Å². The van der Waals surface area contributed by atoms with Crippen LogP contribution in [0.2, 0.25) is 0 Å². The third-order valence-corrected chi connectivity index (χ3v) is 7.08. The summed E-state index contributed by atoms with van der Waals surface area (Å²) in [5, 5.41) is 0. The fourth-order valence-electron chi connectivity index (χ4n) is 4.93. The van der Waals surface area contributed by atoms with Gasteiger partial charge in [-0.1, -0.05) is 56.3 Å². The summed E-state index contributed by atoms with van der Waals surface area (Å²) in [6.45, 7) is 2.24. The molecule has 0 radical (unpaired) electrons. The van der Waals surface area contributed by atoms with Gasteiger partial charge in [0.05, 0.1) is 0 Å². The standard InChI is InChI=1S/C26H20F18/c1-3-20(2,13-7-5-4-6-8-13)11-16-14(18(23(33,34)35)24(36,37)38)9-12(17(21(27,28)29)22(30,31)32)10-15(16)19(25(39,40)41)26(42,43)44/h4-10,17-19H,3,11H2,1-2H3. The van der Waals surface area contributed by atoms with Gasteiger partial charge < -0.3 is 0 Å². The van der Waals surface area contributed by atoms with E-state index in [1.807, 2.05) is 0 Å². The molecular weight excluding hydrogens is 654 g/mol. The topological polar surface area (TPSA) is 0 Å². The lowest BCUT2D eigenvalue weighted by Gasteiger charge is -2.36. The first kappa shape index (κ1) is 37.4. The van der Waals surface area contributed by atoms with Crippen LogP contribution in [-0.4, -0.2) is 37.1 Å². The summed E-state index contributed by atoms with van der Waals surface area (Å²) < 4.78 is 248. The van der Waals surface area contributed by atoms with E-state index in [4.69, 9.17) is 0 Å². The predicted molar refractivity (Wildman–Crippen MR) is 119 cm³/mol. The van der Waals surface area contributed by atoms with Gasteiger partial charge >= 0.3 is 37.1 Å². The molecule has 2 rings (SSSR count). The minimum Gasteiger partial charge on any atom is -0.170 e. The predicted octanol–water partition coefficient (Wildman–Crippen LogP) is 11.2. The van der Waals surface area contributed by atoms with Crippen molar-refractivity contribution in [2.75, 3.05) is 0 Å². The summed E-state index contributed by atoms with van der Waals surface area (Å²) in [5.41, 5.74) is -11.9. The normalized spacial score (nSPS) is 15.8. The number of rotatable bonds is 7. The van der Waals surface area contributed by atoms with Crippen LogP contribution in [0, 0.1) is 0 Å². The largest absolute Gasteiger partial charge is 0.404 e. The van der Waals surface area contributed by atoms with Gasteiger partial charge in [-0.05, 0) is 46.1 Å². The SMILES string of the molecule is CCC(C)(Cc1c(C(C(F)(F)F)C(F)(F)F)cc(C(C(F)(F)F)C(F)(F)F)cc1C(C(F)(F)F)C(F)(F)F)c1ccccc1. The number of hydrogen-bond acceptors (Lipinski definition) is 0. The molecule has 0 fully saturated rings. The molecule has 44 heavy (non-hydrogen) atoms. The first-order valence-corrected chi connectivity index (χ1v) is 12.1. The van der Waals surface area contributed by atoms with Crippen LogP contribution in [0.1, 0.15) is 65.8 Å². The quantitative estimate of drug-likeness (QED) is 0.257. The number of hydrogen-bond donors (Lipinski definition) is 0. The molecule has 0 heterocycles. The van der Waals surface area contributed by atoms with Gasteiger partial charge in [-0.3, -0.25) is 0 Å². The van der Waals surface area contributed by atoms with Crippen LogP contribution in [-0.2, 0) is 11.8 Å². The van der Waals surface area contributed by atoms with E-state index >= 15 is 0 Å². The highest BCUT2D eigenvalue weighted by Gasteiger charge is 2.63. The Bertz CT molecular complexity index is 1160. The third-order valence-electron chi connectivity index (χ3n) is 7.08. The zero-order chi connectivity index (χ0) is 34.5. The molecule has 18 heteroatoms. The zero-order valence-corrected chi connectivity index (χ0v) is 22.0. The van der Waals surface area contributed by atoms with E-state index in [2.05, 4.69) is 0 Å². The Morgan fingerprint density at radius 1 is 0.500 bits per heavy atom. The van der Waals surface area contributed by atoms with Crippen molar-refractivity contribution in [3.8, 4) is 0 Å². The van der Waals surface area contributed by atoms with Crippen LogP contribution < -0.4 is 0 Å². The van der Waals surface area contributed by atoms with Crippen LogP contribution in [0.3, 0.4) is 0 Å². The second kappa shape index (κ2) is 11.8. The molecule has 0 N–H and O–H groups in total. The third kappa shape index (κ3) is 8.25. The van der Waals surface area contributed by atoms with Crippen molar-refractivity contribution in [2.24, 2.45) is 0 Å². The maximum atomic E-state index is 13.9. The molecule has 2 aromatic carbocycles. The average molecular weight is 674 g/mol. The molecule has 0 aromatic heterocycles. The molecule has 1 atom stereocenters. The maximum absolute atomic E-state index is 13.9. The number of halogens is 18. The summed E-state index contributed by atoms with van der Waals surface area (Å²) in [5.74, 6) is -15.2. The van der Waals surface area contributed by atoms with Crippen LogP contribution in [0.15, 0.2) is 42.5 Å². The Hall–Kier alpha value is -2.82. The average Bonchev–Trinajstić information content (AvgIpc) is 2.76. The molecule has 0 aliphatic heterocycles. The number of alkyl halides is 18. The molecule has 250 valence electrons. The van der Waals surface area contributed by atoms with Crippen LogP contribution in [0.5, 0.6) is 0 Å². The van der Waals surface area contributed by atoms with E-state index in [9.17, 15) is 79.0 Å². The fraction of sp³-hybridized carbons (Fsp3) is 0.538. The minimum absolute atomic E-state index is 0.0296. The van der Waals surface area contributed by atoms with E-state index in [0.29, 0.717) is 0 Å². The van der Waals surface area contributed by atoms with Gasteiger partial charge in [0.2, 0.25) is 0 Å². The molecule has 0 aliphatic rings. The molecule has 0 bridgehead atoms. The van der Waals surface area contributed by atoms with E-state index < -0.39 is 101 Å². The lowest BCUT2D eigenvalue weighted by molar-refractivity contribution is -0.254. The van der Waals surface area contributed by atoms with Crippen LogP contribution in [0.4, 0.5) is 79.0 Å². The van der Waals surface area contributed by atoms with Crippen LogP contribution >= 0.6 is 0 Å². The van der Waals surface area contributed by atoms with Gasteiger partial charge in [0.15, 0.2) is 17.8 Å². The van der Waals surface area contributed by atoms with E-state index in [1.54, 1.807) is 0 Å². The van der Waals surface area contributed by atoms with Crippen molar-refractivity contribution in [1.29, 1.82) is 0 Å². The lowest BCUT2D eigenvalue weighted by atomic mass is 9.70. The zero-order valence-electron chi connectivity index (χ0n) is 22.0. The first-order valence-electron chi connectivity index (χ1n) is 12.1. The molecule has 0 saturated heterocycles. The maximum Gasteiger partial charge on any atom is 0.404 e. The van der Waals surface area contributed by atoms with Crippen LogP contribution in [0.25, 0.3) is 0 Å². The van der Waals surface area contributed by atoms with E-state index in [0.717, 1.165) is 6.92 Å². The Labute approximate surface area is 237 Å². The first-order chi connectivity index (χ1) is 19.5. The van der Waals surface area contributed by atoms with Gasteiger partial charge in [-0.25, -0.2) is 0 Å². The second-order valence-corrected chi connectivity index (χ2v) is 10.2. The minimum atomic E-state index is -6.64. The molecule has 0 aliphatic carbocycles. The molecule has 0 nitrogen and oxygen atoms in total. The Kier molecular flexibility index (Phi) is 10.1. The lowest BCUT2D eigenvalue weighted by Crippen LogP contribution is -2.40. The van der Waals surface area contributed by atoms with Crippen molar-refractivity contribution in [2.45, 2.75) is 86.9 Å². The highest BCUT2D eigenvalue weighted by atomic mass is 19.4. The van der Waals surface area contributed by atoms with Crippen molar-refractivity contribution >= 4 is 0 Å². The summed E-state index contributed by atoms with van der Waals surface area (Å²) in [4.78, 5) is 0. The molecule has 0 amide bonds. The van der Waals surface area contributed by atoms with Gasteiger partial charge in [0, 0.05) is 0 Å². The smallest absolute Gasteiger partial charge is 0.170 e. The Morgan fingerprint density at radius 2 is 0.818 bits per heavy atom. The number of benzene rings is 2. The van der Waals surface area contributed by atoms with Gasteiger partial charge in [0.1, 0.15) is 0 Å². The van der Waals surface area contributed by atoms with Crippen molar-refractivity contribution in [3.05, 3.63) is 70.3 Å². The summed E-state index contributed by atoms with van der Waals surface area (Å²) in [6, 6.07) is 4.42. The van der Waals surface area contributed by atoms with E-state index in [1.165, 1.54) is 37.3 Å². The van der Waals surface area contributed by atoms with E-state index in [-0.39, 0.29) is 12.0 Å². The van der Waals surface area contributed by atoms with Crippen molar-refractivity contribution in [3.63, 3.8) is 0 Å². The fourth-order valence-corrected chi connectivity index (χ4v) is 4.93. The van der Waals surface area contributed by atoms with Gasteiger partial charge in [-0.15, -0.1) is 0 Å². The second-order valence-electron chi connectivity index (χ2n) is 10.2. The Balaban J connectivity index is 3.34. The molecule has 2 aromatic rings. The highest BCUT2D eigenvalue weighted by molar-refractivity contribution is 5.49. The molecule has 1 unspecified atom stereocenters. The Morgan fingerprint density at radius 3 is 1.09 bits per heavy atom. The molecule has 0 saturated carbocycles. The summed E-state index contributed by atoms with van der Waals surface area (Å²) in [7, 11) is 0. The highest BCUT2D eigenvalue weighted by Crippen LogP contribution is 2.56. The van der Waals surface area contributed by atoms with Gasteiger partial charge in [0.25, 0.3) is 0 Å². The summed E-state index contributed by atoms with van der Waals surface area (Å²) in [6.07, 6.45) is -41.7. The molecule has 0 spiro atoms. The van der Waals surface area contributed by atoms with Crippen molar-refractivity contribution in [1.82, 2.24) is 0 Å².